The Labute approximate surface area is 77.8 Å². The molecule has 0 bridgehead atoms. The van der Waals surface area contributed by atoms with E-state index in [0.29, 0.717) is 0 Å². The molecule has 7 nitrogen and oxygen atoms in total. The van der Waals surface area contributed by atoms with Crippen molar-refractivity contribution in [3.63, 3.8) is 0 Å². The molecule has 0 spiro atoms. The summed E-state index contributed by atoms with van der Waals surface area (Å²) in [5, 5.41) is 11.1. The molecule has 1 unspecified atom stereocenters. The number of carboxylic acid groups (broad SMARTS) is 1. The quantitative estimate of drug-likeness (QED) is 0.468. The first-order valence-corrected chi connectivity index (χ1v) is 3.78. The molecule has 1 aromatic heterocycles. The van der Waals surface area contributed by atoms with E-state index in [2.05, 4.69) is 10.3 Å². The summed E-state index contributed by atoms with van der Waals surface area (Å²) in [5.74, 6) is -1.19. The molecule has 0 fully saturated rings. The third kappa shape index (κ3) is 1.88. The van der Waals surface area contributed by atoms with Gasteiger partial charge in [-0.05, 0) is 7.05 Å². The van der Waals surface area contributed by atoms with Gasteiger partial charge in [0.15, 0.2) is 0 Å². The van der Waals surface area contributed by atoms with Crippen molar-refractivity contribution in [2.75, 3.05) is 7.05 Å². The standard InChI is InChI=1S/C7H9N3O4/c1-8-4(6(12)13)3-2-9-7(14)10-5(3)11/h2,4,8H,1H3,(H,12,13)(H2,9,10,11,14). The largest absolute Gasteiger partial charge is 0.480 e. The molecule has 1 heterocycles. The first-order chi connectivity index (χ1) is 6.56. The van der Waals surface area contributed by atoms with Crippen molar-refractivity contribution in [2.45, 2.75) is 6.04 Å². The van der Waals surface area contributed by atoms with E-state index in [9.17, 15) is 14.4 Å². The summed E-state index contributed by atoms with van der Waals surface area (Å²) in [5.41, 5.74) is -1.42. The zero-order valence-corrected chi connectivity index (χ0v) is 7.33. The average molecular weight is 199 g/mol. The summed E-state index contributed by atoms with van der Waals surface area (Å²) in [6, 6.07) is -1.13. The smallest absolute Gasteiger partial charge is 0.325 e. The molecule has 1 atom stereocenters. The van der Waals surface area contributed by atoms with Crippen LogP contribution in [-0.2, 0) is 4.79 Å². The minimum absolute atomic E-state index is 0.0420. The van der Waals surface area contributed by atoms with Crippen molar-refractivity contribution >= 4 is 5.97 Å². The highest BCUT2D eigenvalue weighted by Gasteiger charge is 2.20. The van der Waals surface area contributed by atoms with Gasteiger partial charge in [0, 0.05) is 6.20 Å². The van der Waals surface area contributed by atoms with E-state index in [0.717, 1.165) is 6.20 Å². The van der Waals surface area contributed by atoms with Crippen molar-refractivity contribution in [1.29, 1.82) is 0 Å². The third-order valence-corrected chi connectivity index (χ3v) is 1.69. The van der Waals surface area contributed by atoms with Crippen LogP contribution in [0.15, 0.2) is 15.8 Å². The fourth-order valence-electron chi connectivity index (χ4n) is 1.05. The summed E-state index contributed by atoms with van der Waals surface area (Å²) in [4.78, 5) is 36.6. The van der Waals surface area contributed by atoms with Crippen LogP contribution in [0, 0.1) is 0 Å². The van der Waals surface area contributed by atoms with Crippen molar-refractivity contribution in [3.8, 4) is 0 Å². The molecule has 1 rings (SSSR count). The lowest BCUT2D eigenvalue weighted by Gasteiger charge is -2.08. The maximum atomic E-state index is 11.2. The second-order valence-corrected chi connectivity index (χ2v) is 2.59. The van der Waals surface area contributed by atoms with E-state index in [4.69, 9.17) is 5.11 Å². The van der Waals surface area contributed by atoms with E-state index in [1.807, 2.05) is 4.98 Å². The Morgan fingerprint density at radius 1 is 1.57 bits per heavy atom. The Morgan fingerprint density at radius 3 is 2.64 bits per heavy atom. The van der Waals surface area contributed by atoms with Gasteiger partial charge in [-0.1, -0.05) is 0 Å². The number of aromatic amines is 2. The summed E-state index contributed by atoms with van der Waals surface area (Å²) >= 11 is 0. The number of carboxylic acids is 1. The van der Waals surface area contributed by atoms with Gasteiger partial charge in [-0.25, -0.2) is 4.79 Å². The predicted octanol–water partition coefficient (Wildman–Crippen LogP) is -1.59. The van der Waals surface area contributed by atoms with Crippen molar-refractivity contribution in [3.05, 3.63) is 32.6 Å². The maximum absolute atomic E-state index is 11.2. The van der Waals surface area contributed by atoms with Crippen molar-refractivity contribution in [1.82, 2.24) is 15.3 Å². The molecule has 0 aromatic carbocycles. The lowest BCUT2D eigenvalue weighted by atomic mass is 10.1. The summed E-state index contributed by atoms with van der Waals surface area (Å²) in [6.07, 6.45) is 1.08. The van der Waals surface area contributed by atoms with Crippen molar-refractivity contribution in [2.24, 2.45) is 0 Å². The van der Waals surface area contributed by atoms with E-state index in [1.54, 1.807) is 0 Å². The molecule has 4 N–H and O–H groups in total. The molecular formula is C7H9N3O4. The number of aliphatic carboxylic acids is 1. The Kier molecular flexibility index (Phi) is 2.82. The number of H-pyrrole nitrogens is 2. The van der Waals surface area contributed by atoms with Crippen LogP contribution in [0.2, 0.25) is 0 Å². The number of hydrogen-bond acceptors (Lipinski definition) is 4. The predicted molar refractivity (Wildman–Crippen MR) is 47.1 cm³/mol. The molecular weight excluding hydrogens is 190 g/mol. The van der Waals surface area contributed by atoms with Gasteiger partial charge in [0.2, 0.25) is 0 Å². The van der Waals surface area contributed by atoms with Crippen LogP contribution < -0.4 is 16.6 Å². The van der Waals surface area contributed by atoms with Crippen LogP contribution in [-0.4, -0.2) is 28.1 Å². The van der Waals surface area contributed by atoms with Crippen LogP contribution in [0.3, 0.4) is 0 Å². The van der Waals surface area contributed by atoms with E-state index < -0.39 is 23.3 Å². The minimum Gasteiger partial charge on any atom is -0.480 e. The van der Waals surface area contributed by atoms with Gasteiger partial charge in [-0.2, -0.15) is 0 Å². The molecule has 1 aromatic rings. The van der Waals surface area contributed by atoms with Gasteiger partial charge in [0.1, 0.15) is 6.04 Å². The van der Waals surface area contributed by atoms with Gasteiger partial charge < -0.3 is 15.4 Å². The molecule has 0 aliphatic carbocycles. The molecule has 0 aliphatic heterocycles. The number of carbonyl (C=O) groups is 1. The van der Waals surface area contributed by atoms with Crippen LogP contribution >= 0.6 is 0 Å². The van der Waals surface area contributed by atoms with Gasteiger partial charge in [0.25, 0.3) is 5.56 Å². The molecule has 7 heteroatoms. The molecule has 14 heavy (non-hydrogen) atoms. The Balaban J connectivity index is 3.24. The molecule has 0 saturated carbocycles. The highest BCUT2D eigenvalue weighted by atomic mass is 16.4. The fourth-order valence-corrected chi connectivity index (χ4v) is 1.05. The Hall–Kier alpha value is -1.89. The topological polar surface area (TPSA) is 115 Å². The van der Waals surface area contributed by atoms with Crippen LogP contribution in [0.4, 0.5) is 0 Å². The molecule has 0 radical (unpaired) electrons. The van der Waals surface area contributed by atoms with Crippen LogP contribution in [0.1, 0.15) is 11.6 Å². The third-order valence-electron chi connectivity index (χ3n) is 1.69. The second kappa shape index (κ2) is 3.88. The normalized spacial score (nSPS) is 12.4. The zero-order valence-electron chi connectivity index (χ0n) is 7.33. The Bertz CT molecular complexity index is 447. The SMILES string of the molecule is CNC(C(=O)O)c1c[nH]c(=O)[nH]c1=O. The number of hydrogen-bond donors (Lipinski definition) is 4. The number of aromatic nitrogens is 2. The molecule has 0 aliphatic rings. The highest BCUT2D eigenvalue weighted by molar-refractivity contribution is 5.75. The maximum Gasteiger partial charge on any atom is 0.325 e. The lowest BCUT2D eigenvalue weighted by Crippen LogP contribution is -2.34. The van der Waals surface area contributed by atoms with Gasteiger partial charge in [0.05, 0.1) is 5.56 Å². The fraction of sp³-hybridized carbons (Fsp3) is 0.286. The van der Waals surface area contributed by atoms with Gasteiger partial charge in [-0.15, -0.1) is 0 Å². The van der Waals surface area contributed by atoms with E-state index in [1.165, 1.54) is 7.05 Å². The lowest BCUT2D eigenvalue weighted by molar-refractivity contribution is -0.139. The molecule has 0 amide bonds. The number of likely N-dealkylation sites (N-methyl/N-ethyl adjacent to an activating group) is 1. The highest BCUT2D eigenvalue weighted by Crippen LogP contribution is 2.04. The first-order valence-electron chi connectivity index (χ1n) is 3.78. The minimum atomic E-state index is -1.19. The first kappa shape index (κ1) is 10.2. The van der Waals surface area contributed by atoms with Crippen LogP contribution in [0.5, 0.6) is 0 Å². The monoisotopic (exact) mass is 199 g/mol. The molecule has 0 saturated heterocycles. The average Bonchev–Trinajstić information content (AvgIpc) is 2.09. The van der Waals surface area contributed by atoms with Gasteiger partial charge >= 0.3 is 11.7 Å². The summed E-state index contributed by atoms with van der Waals surface area (Å²) in [7, 11) is 1.41. The van der Waals surface area contributed by atoms with E-state index in [-0.39, 0.29) is 5.56 Å². The second-order valence-electron chi connectivity index (χ2n) is 2.59. The summed E-state index contributed by atoms with van der Waals surface area (Å²) in [6.45, 7) is 0. The number of rotatable bonds is 3. The van der Waals surface area contributed by atoms with Gasteiger partial charge in [-0.3, -0.25) is 14.6 Å². The van der Waals surface area contributed by atoms with Crippen LogP contribution in [0.25, 0.3) is 0 Å². The molecule has 76 valence electrons. The Morgan fingerprint density at radius 2 is 2.21 bits per heavy atom. The van der Waals surface area contributed by atoms with Crippen molar-refractivity contribution < 1.29 is 9.90 Å². The number of nitrogens with one attached hydrogen (secondary N) is 3. The zero-order chi connectivity index (χ0) is 10.7. The van der Waals surface area contributed by atoms with E-state index >= 15 is 0 Å². The summed E-state index contributed by atoms with van der Waals surface area (Å²) < 4.78 is 0.